The predicted octanol–water partition coefficient (Wildman–Crippen LogP) is 8.12. The zero-order valence-corrected chi connectivity index (χ0v) is 26.5. The van der Waals surface area contributed by atoms with Gasteiger partial charge < -0.3 is 15.7 Å². The molecule has 0 aliphatic carbocycles. The number of nitrogens with zero attached hydrogens (tertiary/aromatic N) is 2. The molecule has 3 N–H and O–H groups in total. The highest BCUT2D eigenvalue weighted by atomic mass is 16.3. The molecule has 0 atom stereocenters. The Morgan fingerprint density at radius 3 is 2.16 bits per heavy atom. The normalized spacial score (nSPS) is 11.4. The lowest BCUT2D eigenvalue weighted by atomic mass is 9.93. The van der Waals surface area contributed by atoms with Crippen molar-refractivity contribution in [2.24, 2.45) is 0 Å². The van der Waals surface area contributed by atoms with Crippen molar-refractivity contribution >= 4 is 28.4 Å². The maximum atomic E-state index is 14.4. The summed E-state index contributed by atoms with van der Waals surface area (Å²) in [5.74, 6) is 0.386. The van der Waals surface area contributed by atoms with Crippen LogP contribution >= 0.6 is 0 Å². The molecular weight excluding hydrogens is 560 g/mol. The number of nitrogens with one attached hydrogen (secondary N) is 2. The second-order valence-corrected chi connectivity index (χ2v) is 12.0. The molecule has 2 amide bonds. The second-order valence-electron chi connectivity index (χ2n) is 12.0. The Hall–Kier alpha value is -4.75. The standard InChI is InChI=1S/C38H42N4O3/c1-25(2)30-17-9-18-31(26(3)4)34(30)40-38(45)41-35-33(29-16-8-14-28(24-29)15-11-23-43)32-19-10-21-39-36(32)42(37(35)44)22-20-27-12-6-5-7-13-27/h5-10,12-14,16-19,21,24-26,43H,11,15,20,22-23H2,1-4H3,(H2,40,41,45). The molecule has 232 valence electrons. The number of hydrogen-bond donors (Lipinski definition) is 3. The van der Waals surface area contributed by atoms with Gasteiger partial charge in [0.15, 0.2) is 0 Å². The minimum atomic E-state index is -0.474. The zero-order chi connectivity index (χ0) is 31.9. The first-order chi connectivity index (χ1) is 21.8. The maximum Gasteiger partial charge on any atom is 0.323 e. The number of anilines is 2. The fourth-order valence-corrected chi connectivity index (χ4v) is 5.91. The summed E-state index contributed by atoms with van der Waals surface area (Å²) in [6.07, 6.45) is 3.65. The van der Waals surface area contributed by atoms with Crippen molar-refractivity contribution in [3.63, 3.8) is 0 Å². The predicted molar refractivity (Wildman–Crippen MR) is 184 cm³/mol. The van der Waals surface area contributed by atoms with Gasteiger partial charge in [-0.05, 0) is 71.0 Å². The average molecular weight is 603 g/mol. The van der Waals surface area contributed by atoms with Crippen LogP contribution in [0.4, 0.5) is 16.2 Å². The molecule has 0 bridgehead atoms. The number of para-hydroxylation sites is 1. The van der Waals surface area contributed by atoms with Crippen molar-refractivity contribution in [3.05, 3.63) is 124 Å². The van der Waals surface area contributed by atoms with Crippen molar-refractivity contribution in [2.45, 2.75) is 65.3 Å². The second kappa shape index (κ2) is 14.4. The van der Waals surface area contributed by atoms with Crippen molar-refractivity contribution in [3.8, 4) is 11.1 Å². The minimum Gasteiger partial charge on any atom is -0.396 e. The summed E-state index contributed by atoms with van der Waals surface area (Å²) in [5, 5.41) is 16.3. The van der Waals surface area contributed by atoms with E-state index < -0.39 is 6.03 Å². The molecule has 2 heterocycles. The number of aromatic nitrogens is 2. The van der Waals surface area contributed by atoms with Gasteiger partial charge in [0.2, 0.25) is 0 Å². The smallest absolute Gasteiger partial charge is 0.323 e. The summed E-state index contributed by atoms with van der Waals surface area (Å²) in [7, 11) is 0. The van der Waals surface area contributed by atoms with Crippen molar-refractivity contribution in [1.29, 1.82) is 0 Å². The first kappa shape index (κ1) is 31.7. The number of hydrogen-bond acceptors (Lipinski definition) is 4. The van der Waals surface area contributed by atoms with Crippen LogP contribution in [0.5, 0.6) is 0 Å². The Balaban J connectivity index is 1.65. The summed E-state index contributed by atoms with van der Waals surface area (Å²) in [5.41, 5.74) is 6.87. The van der Waals surface area contributed by atoms with Gasteiger partial charge in [-0.25, -0.2) is 9.78 Å². The molecule has 0 aliphatic heterocycles. The van der Waals surface area contributed by atoms with E-state index in [1.807, 2.05) is 84.9 Å². The van der Waals surface area contributed by atoms with E-state index in [2.05, 4.69) is 43.3 Å². The summed E-state index contributed by atoms with van der Waals surface area (Å²) >= 11 is 0. The first-order valence-electron chi connectivity index (χ1n) is 15.7. The van der Waals surface area contributed by atoms with Gasteiger partial charge >= 0.3 is 6.03 Å². The summed E-state index contributed by atoms with van der Waals surface area (Å²) in [4.78, 5) is 33.0. The van der Waals surface area contributed by atoms with Crippen LogP contribution in [0.3, 0.4) is 0 Å². The third kappa shape index (κ3) is 7.15. The molecule has 0 radical (unpaired) electrons. The van der Waals surface area contributed by atoms with Crippen LogP contribution in [-0.2, 0) is 19.4 Å². The van der Waals surface area contributed by atoms with Gasteiger partial charge in [0.25, 0.3) is 5.56 Å². The van der Waals surface area contributed by atoms with Gasteiger partial charge in [0.1, 0.15) is 11.3 Å². The minimum absolute atomic E-state index is 0.0950. The van der Waals surface area contributed by atoms with Crippen molar-refractivity contribution < 1.29 is 9.90 Å². The summed E-state index contributed by atoms with van der Waals surface area (Å²) < 4.78 is 1.67. The molecule has 0 aliphatic rings. The van der Waals surface area contributed by atoms with Crippen LogP contribution in [0.15, 0.2) is 95.9 Å². The van der Waals surface area contributed by atoms with Gasteiger partial charge in [-0.2, -0.15) is 0 Å². The number of aliphatic hydroxyl groups excluding tert-OH is 1. The number of carbonyl (C=O) groups excluding carboxylic acids is 1. The fourth-order valence-electron chi connectivity index (χ4n) is 5.91. The van der Waals surface area contributed by atoms with E-state index in [0.29, 0.717) is 37.0 Å². The number of aliphatic hydroxyl groups is 1. The van der Waals surface area contributed by atoms with Crippen LogP contribution in [-0.4, -0.2) is 27.3 Å². The third-order valence-electron chi connectivity index (χ3n) is 8.18. The highest BCUT2D eigenvalue weighted by molar-refractivity contribution is 6.07. The Morgan fingerprint density at radius 2 is 1.47 bits per heavy atom. The van der Waals surface area contributed by atoms with Crippen LogP contribution < -0.4 is 16.2 Å². The Kier molecular flexibility index (Phi) is 10.1. The van der Waals surface area contributed by atoms with Crippen molar-refractivity contribution in [1.82, 2.24) is 9.55 Å². The fraction of sp³-hybridized carbons (Fsp3) is 0.289. The number of aryl methyl sites for hydroxylation is 3. The molecular formula is C38H42N4O3. The highest BCUT2D eigenvalue weighted by Crippen LogP contribution is 2.35. The van der Waals surface area contributed by atoms with E-state index >= 15 is 0 Å². The summed E-state index contributed by atoms with van der Waals surface area (Å²) in [6.45, 7) is 8.91. The third-order valence-corrected chi connectivity index (χ3v) is 8.18. The molecule has 5 rings (SSSR count). The zero-order valence-electron chi connectivity index (χ0n) is 26.5. The number of fused-ring (bicyclic) bond motifs is 1. The van der Waals surface area contributed by atoms with E-state index in [1.54, 1.807) is 10.8 Å². The Morgan fingerprint density at radius 1 is 0.800 bits per heavy atom. The lowest BCUT2D eigenvalue weighted by Crippen LogP contribution is -2.30. The molecule has 2 aromatic heterocycles. The SMILES string of the molecule is CC(C)c1cccc(C(C)C)c1NC(=O)Nc1c(-c2cccc(CCCO)c2)c2cccnc2n(CCc2ccccc2)c1=O. The van der Waals surface area contributed by atoms with E-state index in [0.717, 1.165) is 38.9 Å². The lowest BCUT2D eigenvalue weighted by molar-refractivity contribution is 0.262. The van der Waals surface area contributed by atoms with Crippen LogP contribution in [0.1, 0.15) is 68.2 Å². The molecule has 0 fully saturated rings. The number of urea groups is 1. The lowest BCUT2D eigenvalue weighted by Gasteiger charge is -2.22. The topological polar surface area (TPSA) is 96.2 Å². The largest absolute Gasteiger partial charge is 0.396 e. The Bertz CT molecular complexity index is 1820. The number of carbonyl (C=O) groups is 1. The van der Waals surface area contributed by atoms with E-state index in [1.165, 1.54) is 0 Å². The van der Waals surface area contributed by atoms with Gasteiger partial charge in [-0.1, -0.05) is 100 Å². The van der Waals surface area contributed by atoms with Gasteiger partial charge in [-0.15, -0.1) is 0 Å². The average Bonchev–Trinajstić information content (AvgIpc) is 3.04. The Labute approximate surface area is 265 Å². The molecule has 3 aromatic carbocycles. The molecule has 7 nitrogen and oxygen atoms in total. The number of amides is 2. The quantitative estimate of drug-likeness (QED) is 0.142. The molecule has 45 heavy (non-hydrogen) atoms. The highest BCUT2D eigenvalue weighted by Gasteiger charge is 2.23. The van der Waals surface area contributed by atoms with Crippen molar-refractivity contribution in [2.75, 3.05) is 17.2 Å². The van der Waals surface area contributed by atoms with E-state index in [4.69, 9.17) is 0 Å². The van der Waals surface area contributed by atoms with Crippen LogP contribution in [0.2, 0.25) is 0 Å². The molecule has 0 unspecified atom stereocenters. The molecule has 0 saturated carbocycles. The van der Waals surface area contributed by atoms with Gasteiger partial charge in [0, 0.05) is 36.0 Å². The van der Waals surface area contributed by atoms with Crippen LogP contribution in [0, 0.1) is 0 Å². The van der Waals surface area contributed by atoms with Gasteiger partial charge in [-0.3, -0.25) is 9.36 Å². The monoisotopic (exact) mass is 602 g/mol. The maximum absolute atomic E-state index is 14.4. The summed E-state index contributed by atoms with van der Waals surface area (Å²) in [6, 6.07) is 27.4. The molecule has 5 aromatic rings. The molecule has 0 saturated heterocycles. The first-order valence-corrected chi connectivity index (χ1v) is 15.7. The van der Waals surface area contributed by atoms with Gasteiger partial charge in [0.05, 0.1) is 0 Å². The number of rotatable bonds is 11. The van der Waals surface area contributed by atoms with E-state index in [9.17, 15) is 14.7 Å². The molecule has 7 heteroatoms. The molecule has 0 spiro atoms. The van der Waals surface area contributed by atoms with E-state index in [-0.39, 0.29) is 29.7 Å². The number of benzene rings is 3. The number of pyridine rings is 2. The van der Waals surface area contributed by atoms with Crippen LogP contribution in [0.25, 0.3) is 22.2 Å².